The van der Waals surface area contributed by atoms with Crippen LogP contribution in [0.1, 0.15) is 31.4 Å². The highest BCUT2D eigenvalue weighted by molar-refractivity contribution is 5.67. The number of hydrogen-bond donors (Lipinski definition) is 1. The van der Waals surface area contributed by atoms with Gasteiger partial charge in [0.2, 0.25) is 0 Å². The molecule has 84 valence electrons. The molecule has 0 aromatic heterocycles. The van der Waals surface area contributed by atoms with Crippen molar-refractivity contribution in [2.75, 3.05) is 0 Å². The Kier molecular flexibility index (Phi) is 6.34. The minimum absolute atomic E-state index is 0.0278. The fourth-order valence-corrected chi connectivity index (χ4v) is 1.10. The molecule has 1 rings (SSSR count). The summed E-state index contributed by atoms with van der Waals surface area (Å²) in [7, 11) is 0. The maximum absolute atomic E-state index is 13.1. The van der Waals surface area contributed by atoms with Gasteiger partial charge in [0.15, 0.2) is 0 Å². The summed E-state index contributed by atoms with van der Waals surface area (Å²) in [4.78, 5) is 10.2. The lowest BCUT2D eigenvalue weighted by atomic mass is 10.1. The maximum atomic E-state index is 13.1. The zero-order valence-electron chi connectivity index (χ0n) is 9.38. The van der Waals surface area contributed by atoms with Crippen molar-refractivity contribution < 1.29 is 14.3 Å². The second kappa shape index (κ2) is 6.98. The molecule has 1 N–H and O–H groups in total. The van der Waals surface area contributed by atoms with Crippen molar-refractivity contribution in [3.8, 4) is 0 Å². The van der Waals surface area contributed by atoms with Crippen molar-refractivity contribution in [3.63, 3.8) is 0 Å². The summed E-state index contributed by atoms with van der Waals surface area (Å²) in [5.41, 5.74) is 1.31. The van der Waals surface area contributed by atoms with E-state index >= 15 is 0 Å². The van der Waals surface area contributed by atoms with Crippen molar-refractivity contribution in [2.45, 2.75) is 33.6 Å². The number of carboxylic acids is 1. The average molecular weight is 212 g/mol. The first-order chi connectivity index (χ1) is 7.09. The minimum atomic E-state index is -0.903. The van der Waals surface area contributed by atoms with E-state index in [1.165, 1.54) is 6.07 Å². The summed E-state index contributed by atoms with van der Waals surface area (Å²) < 4.78 is 13.1. The van der Waals surface area contributed by atoms with Crippen LogP contribution in [0.2, 0.25) is 0 Å². The number of hydrogen-bond acceptors (Lipinski definition) is 1. The van der Waals surface area contributed by atoms with Crippen LogP contribution in [-0.4, -0.2) is 11.1 Å². The van der Waals surface area contributed by atoms with Crippen molar-refractivity contribution in [2.24, 2.45) is 0 Å². The van der Waals surface area contributed by atoms with Gasteiger partial charge in [0.05, 0.1) is 0 Å². The van der Waals surface area contributed by atoms with Gasteiger partial charge in [0.25, 0.3) is 0 Å². The Bertz CT molecular complexity index is 321. The molecule has 0 atom stereocenters. The molecule has 2 nitrogen and oxygen atoms in total. The van der Waals surface area contributed by atoms with E-state index in [1.807, 2.05) is 13.8 Å². The summed E-state index contributed by atoms with van der Waals surface area (Å²) in [6.07, 6.45) is 0.224. The molecule has 0 spiro atoms. The first-order valence-electron chi connectivity index (χ1n) is 5.06. The molecule has 0 aliphatic carbocycles. The maximum Gasteiger partial charge on any atom is 0.303 e. The highest BCUT2D eigenvalue weighted by Gasteiger charge is 2.04. The third kappa shape index (κ3) is 5.15. The van der Waals surface area contributed by atoms with E-state index < -0.39 is 5.97 Å². The molecule has 0 fully saturated rings. The van der Waals surface area contributed by atoms with E-state index in [0.29, 0.717) is 5.56 Å². The van der Waals surface area contributed by atoms with Gasteiger partial charge in [-0.25, -0.2) is 4.39 Å². The molecule has 1 aromatic rings. The number of benzene rings is 1. The standard InChI is InChI=1S/C10H11FO2.C2H6/c1-7-2-3-8(9(11)6-7)4-5-10(12)13;1-2/h2-3,6H,4-5H2,1H3,(H,12,13);1-2H3. The smallest absolute Gasteiger partial charge is 0.303 e. The van der Waals surface area contributed by atoms with Crippen LogP contribution in [0, 0.1) is 12.7 Å². The molecule has 3 heteroatoms. The molecule has 0 aliphatic rings. The van der Waals surface area contributed by atoms with Gasteiger partial charge in [-0.05, 0) is 30.5 Å². The van der Waals surface area contributed by atoms with Crippen LogP contribution in [0.25, 0.3) is 0 Å². The molecule has 0 saturated carbocycles. The summed E-state index contributed by atoms with van der Waals surface area (Å²) in [6, 6.07) is 4.82. The van der Waals surface area contributed by atoms with Gasteiger partial charge < -0.3 is 5.11 Å². The number of carboxylic acid groups (broad SMARTS) is 1. The molecule has 0 bridgehead atoms. The van der Waals surface area contributed by atoms with E-state index in [0.717, 1.165) is 5.56 Å². The Morgan fingerprint density at radius 3 is 2.47 bits per heavy atom. The summed E-state index contributed by atoms with van der Waals surface area (Å²) in [5.74, 6) is -1.22. The van der Waals surface area contributed by atoms with E-state index in [2.05, 4.69) is 0 Å². The lowest BCUT2D eigenvalue weighted by molar-refractivity contribution is -0.136. The Balaban J connectivity index is 0.000000921. The normalized spacial score (nSPS) is 9.07. The number of halogens is 1. The van der Waals surface area contributed by atoms with E-state index in [1.54, 1.807) is 19.1 Å². The van der Waals surface area contributed by atoms with Gasteiger partial charge in [-0.15, -0.1) is 0 Å². The lowest BCUT2D eigenvalue weighted by Gasteiger charge is -2.01. The Morgan fingerprint density at radius 2 is 2.00 bits per heavy atom. The fraction of sp³-hybridized carbons (Fsp3) is 0.417. The SMILES string of the molecule is CC.Cc1ccc(CCC(=O)O)c(F)c1. The van der Waals surface area contributed by atoms with Gasteiger partial charge in [-0.2, -0.15) is 0 Å². The second-order valence-corrected chi connectivity index (χ2v) is 2.99. The molecular weight excluding hydrogens is 195 g/mol. The van der Waals surface area contributed by atoms with Crippen LogP contribution < -0.4 is 0 Å². The van der Waals surface area contributed by atoms with E-state index in [-0.39, 0.29) is 18.7 Å². The predicted octanol–water partition coefficient (Wildman–Crippen LogP) is 3.18. The minimum Gasteiger partial charge on any atom is -0.481 e. The Hall–Kier alpha value is -1.38. The van der Waals surface area contributed by atoms with Crippen molar-refractivity contribution >= 4 is 5.97 Å². The van der Waals surface area contributed by atoms with Crippen LogP contribution in [0.15, 0.2) is 18.2 Å². The molecule has 0 aliphatic heterocycles. The Labute approximate surface area is 89.7 Å². The monoisotopic (exact) mass is 212 g/mol. The third-order valence-corrected chi connectivity index (χ3v) is 1.82. The highest BCUT2D eigenvalue weighted by atomic mass is 19.1. The summed E-state index contributed by atoms with van der Waals surface area (Å²) in [6.45, 7) is 5.80. The largest absolute Gasteiger partial charge is 0.481 e. The van der Waals surface area contributed by atoms with Crippen molar-refractivity contribution in [1.82, 2.24) is 0 Å². The molecule has 1 aromatic carbocycles. The van der Waals surface area contributed by atoms with E-state index in [4.69, 9.17) is 5.11 Å². The molecule has 0 heterocycles. The van der Waals surface area contributed by atoms with Gasteiger partial charge in [-0.3, -0.25) is 4.79 Å². The third-order valence-electron chi connectivity index (χ3n) is 1.82. The first-order valence-corrected chi connectivity index (χ1v) is 5.06. The van der Waals surface area contributed by atoms with Crippen LogP contribution in [-0.2, 0) is 11.2 Å². The van der Waals surface area contributed by atoms with E-state index in [9.17, 15) is 9.18 Å². The van der Waals surface area contributed by atoms with Gasteiger partial charge in [0, 0.05) is 6.42 Å². The average Bonchev–Trinajstić information content (AvgIpc) is 2.19. The summed E-state index contributed by atoms with van der Waals surface area (Å²) in [5, 5.41) is 8.40. The number of rotatable bonds is 3. The first kappa shape index (κ1) is 13.6. The van der Waals surface area contributed by atoms with Crippen LogP contribution in [0.5, 0.6) is 0 Å². The van der Waals surface area contributed by atoms with Gasteiger partial charge in [-0.1, -0.05) is 26.0 Å². The van der Waals surface area contributed by atoms with Crippen LogP contribution in [0.3, 0.4) is 0 Å². The summed E-state index contributed by atoms with van der Waals surface area (Å²) >= 11 is 0. The number of aliphatic carboxylic acids is 1. The van der Waals surface area contributed by atoms with Gasteiger partial charge in [0.1, 0.15) is 5.82 Å². The van der Waals surface area contributed by atoms with Crippen molar-refractivity contribution in [1.29, 1.82) is 0 Å². The Morgan fingerprint density at radius 1 is 1.40 bits per heavy atom. The second-order valence-electron chi connectivity index (χ2n) is 2.99. The molecule has 15 heavy (non-hydrogen) atoms. The van der Waals surface area contributed by atoms with Crippen molar-refractivity contribution in [3.05, 3.63) is 35.1 Å². The van der Waals surface area contributed by atoms with Gasteiger partial charge >= 0.3 is 5.97 Å². The van der Waals surface area contributed by atoms with Crippen LogP contribution in [0.4, 0.5) is 4.39 Å². The quantitative estimate of drug-likeness (QED) is 0.835. The number of carbonyl (C=O) groups is 1. The molecular formula is C12H17FO2. The highest BCUT2D eigenvalue weighted by Crippen LogP contribution is 2.11. The zero-order chi connectivity index (χ0) is 11.8. The molecule has 0 unspecified atom stereocenters. The fourth-order valence-electron chi connectivity index (χ4n) is 1.10. The molecule has 0 saturated heterocycles. The predicted molar refractivity (Wildman–Crippen MR) is 58.4 cm³/mol. The zero-order valence-corrected chi connectivity index (χ0v) is 9.38. The molecule has 0 radical (unpaired) electrons. The molecule has 0 amide bonds. The topological polar surface area (TPSA) is 37.3 Å². The van der Waals surface area contributed by atoms with Crippen LogP contribution >= 0.6 is 0 Å². The lowest BCUT2D eigenvalue weighted by Crippen LogP contribution is -1.99. The number of aryl methyl sites for hydroxylation is 2.